The molecule has 150 valence electrons. The maximum atomic E-state index is 12.9. The average molecular weight is 472 g/mol. The fourth-order valence-electron chi connectivity index (χ4n) is 2.91. The summed E-state index contributed by atoms with van der Waals surface area (Å²) in [6.45, 7) is 8.00. The van der Waals surface area contributed by atoms with Crippen molar-refractivity contribution in [2.24, 2.45) is 4.99 Å². The third-order valence-electron chi connectivity index (χ3n) is 4.44. The van der Waals surface area contributed by atoms with Crippen LogP contribution < -0.4 is 5.32 Å². The Labute approximate surface area is 183 Å². The topological polar surface area (TPSA) is 61.8 Å². The molecule has 1 aliphatic rings. The van der Waals surface area contributed by atoms with Crippen LogP contribution in [0.4, 0.5) is 11.4 Å². The molecule has 2 aromatic rings. The molecule has 0 saturated carbocycles. The summed E-state index contributed by atoms with van der Waals surface area (Å²) in [6.07, 6.45) is 1.74. The van der Waals surface area contributed by atoms with Crippen molar-refractivity contribution in [1.82, 2.24) is 4.90 Å². The fraction of sp³-hybridized carbons (Fsp3) is 0.227. The van der Waals surface area contributed by atoms with Gasteiger partial charge in [-0.2, -0.15) is 0 Å². The van der Waals surface area contributed by atoms with E-state index in [1.165, 1.54) is 11.8 Å². The first-order chi connectivity index (χ1) is 13.9. The molecule has 1 saturated heterocycles. The molecule has 7 heteroatoms. The lowest BCUT2D eigenvalue weighted by Crippen LogP contribution is -2.33. The number of thioether (sulfide) groups is 1. The predicted octanol–water partition coefficient (Wildman–Crippen LogP) is 5.21. The lowest BCUT2D eigenvalue weighted by Gasteiger charge is -2.14. The van der Waals surface area contributed by atoms with Crippen molar-refractivity contribution in [3.8, 4) is 0 Å². The Kier molecular flexibility index (Phi) is 6.92. The second-order valence-corrected chi connectivity index (χ2v) is 8.78. The van der Waals surface area contributed by atoms with Crippen LogP contribution >= 0.6 is 27.7 Å². The summed E-state index contributed by atoms with van der Waals surface area (Å²) in [5, 5.41) is 2.99. The monoisotopic (exact) mass is 471 g/mol. The van der Waals surface area contributed by atoms with Gasteiger partial charge in [0, 0.05) is 23.1 Å². The number of aliphatic imine (C=N–C) groups is 1. The summed E-state index contributed by atoms with van der Waals surface area (Å²) >= 11 is 4.79. The molecule has 29 heavy (non-hydrogen) atoms. The van der Waals surface area contributed by atoms with Crippen LogP contribution in [0, 0.1) is 13.8 Å². The van der Waals surface area contributed by atoms with E-state index in [0.29, 0.717) is 11.7 Å². The number of amidine groups is 1. The molecule has 3 rings (SSSR count). The van der Waals surface area contributed by atoms with Gasteiger partial charge in [0.15, 0.2) is 5.17 Å². The molecule has 0 aromatic heterocycles. The minimum Gasteiger partial charge on any atom is -0.326 e. The highest BCUT2D eigenvalue weighted by atomic mass is 79.9. The first-order valence-electron chi connectivity index (χ1n) is 9.18. The van der Waals surface area contributed by atoms with Crippen molar-refractivity contribution in [3.05, 3.63) is 70.7 Å². The molecule has 1 atom stereocenters. The number of carbonyl (C=O) groups is 2. The third kappa shape index (κ3) is 5.16. The Balaban J connectivity index is 1.77. The number of amides is 2. The van der Waals surface area contributed by atoms with Gasteiger partial charge >= 0.3 is 0 Å². The van der Waals surface area contributed by atoms with Gasteiger partial charge in [-0.15, -0.1) is 6.58 Å². The number of nitrogens with one attached hydrogen (secondary N) is 1. The highest BCUT2D eigenvalue weighted by Gasteiger charge is 2.38. The summed E-state index contributed by atoms with van der Waals surface area (Å²) in [7, 11) is 0. The maximum Gasteiger partial charge on any atom is 0.242 e. The molecule has 2 aromatic carbocycles. The molecule has 5 nitrogen and oxygen atoms in total. The molecule has 2 amide bonds. The van der Waals surface area contributed by atoms with Crippen LogP contribution in [0.25, 0.3) is 0 Å². The van der Waals surface area contributed by atoms with Gasteiger partial charge in [0.25, 0.3) is 0 Å². The fourth-order valence-corrected chi connectivity index (χ4v) is 4.44. The highest BCUT2D eigenvalue weighted by Crippen LogP contribution is 2.34. The molecule has 1 aliphatic heterocycles. The first kappa shape index (κ1) is 21.3. The minimum absolute atomic E-state index is 0.0828. The van der Waals surface area contributed by atoms with E-state index in [9.17, 15) is 9.59 Å². The number of nitrogens with zero attached hydrogens (tertiary/aromatic N) is 2. The van der Waals surface area contributed by atoms with Gasteiger partial charge < -0.3 is 5.32 Å². The van der Waals surface area contributed by atoms with E-state index in [2.05, 4.69) is 32.8 Å². The number of benzene rings is 2. The second kappa shape index (κ2) is 9.41. The van der Waals surface area contributed by atoms with Crippen LogP contribution in [0.2, 0.25) is 0 Å². The SMILES string of the molecule is C=CCN1C(=O)[C@H](CC(=O)Nc2cc(C)ccc2C)SC1=Nc1ccccc1Br. The quantitative estimate of drug-likeness (QED) is 0.587. The van der Waals surface area contributed by atoms with Gasteiger partial charge in [-0.3, -0.25) is 14.5 Å². The van der Waals surface area contributed by atoms with E-state index in [1.807, 2.05) is 56.3 Å². The van der Waals surface area contributed by atoms with E-state index in [1.54, 1.807) is 11.0 Å². The Morgan fingerprint density at radius 3 is 2.79 bits per heavy atom. The molecule has 0 unspecified atom stereocenters. The molecule has 0 bridgehead atoms. The van der Waals surface area contributed by atoms with Gasteiger partial charge in [0.2, 0.25) is 11.8 Å². The van der Waals surface area contributed by atoms with Gasteiger partial charge in [-0.1, -0.05) is 42.1 Å². The van der Waals surface area contributed by atoms with Crippen LogP contribution in [0.5, 0.6) is 0 Å². The number of anilines is 1. The molecule has 1 N–H and O–H groups in total. The molecule has 0 radical (unpaired) electrons. The predicted molar refractivity (Wildman–Crippen MR) is 124 cm³/mol. The van der Waals surface area contributed by atoms with Crippen molar-refractivity contribution >= 4 is 56.0 Å². The van der Waals surface area contributed by atoms with Crippen LogP contribution in [0.3, 0.4) is 0 Å². The van der Waals surface area contributed by atoms with Crippen molar-refractivity contribution < 1.29 is 9.59 Å². The number of rotatable bonds is 6. The molecular weight excluding hydrogens is 450 g/mol. The largest absolute Gasteiger partial charge is 0.326 e. The number of carbonyl (C=O) groups excluding carboxylic acids is 2. The summed E-state index contributed by atoms with van der Waals surface area (Å²) in [4.78, 5) is 31.7. The average Bonchev–Trinajstić information content (AvgIpc) is 2.95. The highest BCUT2D eigenvalue weighted by molar-refractivity contribution is 9.10. The lowest BCUT2D eigenvalue weighted by atomic mass is 10.1. The van der Waals surface area contributed by atoms with Crippen molar-refractivity contribution in [2.45, 2.75) is 25.5 Å². The van der Waals surface area contributed by atoms with Crippen molar-refractivity contribution in [1.29, 1.82) is 0 Å². The van der Waals surface area contributed by atoms with E-state index < -0.39 is 5.25 Å². The first-order valence-corrected chi connectivity index (χ1v) is 10.9. The Bertz CT molecular complexity index is 990. The lowest BCUT2D eigenvalue weighted by molar-refractivity contribution is -0.127. The second-order valence-electron chi connectivity index (χ2n) is 6.76. The molecule has 1 fully saturated rings. The van der Waals surface area contributed by atoms with Crippen molar-refractivity contribution in [2.75, 3.05) is 11.9 Å². The normalized spacial score (nSPS) is 17.6. The molecule has 0 aliphatic carbocycles. The maximum absolute atomic E-state index is 12.9. The number of para-hydroxylation sites is 1. The Morgan fingerprint density at radius 1 is 1.31 bits per heavy atom. The van der Waals surface area contributed by atoms with Crippen LogP contribution in [0.15, 0.2) is 64.6 Å². The summed E-state index contributed by atoms with van der Waals surface area (Å²) < 4.78 is 0.843. The number of aryl methyl sites for hydroxylation is 2. The van der Waals surface area contributed by atoms with E-state index in [-0.39, 0.29) is 18.2 Å². The summed E-state index contributed by atoms with van der Waals surface area (Å²) in [5.41, 5.74) is 3.56. The number of hydrogen-bond acceptors (Lipinski definition) is 4. The molecule has 1 heterocycles. The minimum atomic E-state index is -0.513. The summed E-state index contributed by atoms with van der Waals surface area (Å²) in [6, 6.07) is 13.5. The Hall–Kier alpha value is -2.38. The van der Waals surface area contributed by atoms with Gasteiger partial charge in [0.1, 0.15) is 5.25 Å². The molecule has 0 spiro atoms. The van der Waals surface area contributed by atoms with E-state index >= 15 is 0 Å². The zero-order chi connectivity index (χ0) is 21.0. The summed E-state index contributed by atoms with van der Waals surface area (Å²) in [5.74, 6) is -0.318. The van der Waals surface area contributed by atoms with Crippen LogP contribution in [-0.4, -0.2) is 33.7 Å². The van der Waals surface area contributed by atoms with Gasteiger partial charge in [-0.25, -0.2) is 4.99 Å². The van der Waals surface area contributed by atoms with Gasteiger partial charge in [-0.05, 0) is 59.1 Å². The smallest absolute Gasteiger partial charge is 0.242 e. The van der Waals surface area contributed by atoms with E-state index in [4.69, 9.17) is 0 Å². The van der Waals surface area contributed by atoms with Crippen molar-refractivity contribution in [3.63, 3.8) is 0 Å². The Morgan fingerprint density at radius 2 is 2.07 bits per heavy atom. The van der Waals surface area contributed by atoms with Gasteiger partial charge in [0.05, 0.1) is 5.69 Å². The standard InChI is InChI=1S/C22H22BrN3O2S/c1-4-11-26-21(28)19(29-22(26)25-17-8-6-5-7-16(17)23)13-20(27)24-18-12-14(2)9-10-15(18)3/h4-10,12,19H,1,11,13H2,2-3H3,(H,24,27)/t19-/m0/s1. The zero-order valence-corrected chi connectivity index (χ0v) is 18.7. The number of hydrogen-bond donors (Lipinski definition) is 1. The molecular formula is C22H22BrN3O2S. The third-order valence-corrected chi connectivity index (χ3v) is 6.28. The van der Waals surface area contributed by atoms with Crippen LogP contribution in [-0.2, 0) is 9.59 Å². The van der Waals surface area contributed by atoms with E-state index in [0.717, 1.165) is 27.0 Å². The van der Waals surface area contributed by atoms with Crippen LogP contribution in [0.1, 0.15) is 17.5 Å². The zero-order valence-electron chi connectivity index (χ0n) is 16.3. The number of halogens is 1.